The van der Waals surface area contributed by atoms with Gasteiger partial charge in [-0.15, -0.1) is 0 Å². The fourth-order valence-corrected chi connectivity index (χ4v) is 6.97. The predicted octanol–water partition coefficient (Wildman–Crippen LogP) is 10.4. The summed E-state index contributed by atoms with van der Waals surface area (Å²) in [5, 5.41) is 21.5. The maximum atomic E-state index is 12.5. The summed E-state index contributed by atoms with van der Waals surface area (Å²) in [4.78, 5) is 57.3. The van der Waals surface area contributed by atoms with Crippen LogP contribution in [-0.2, 0) is 19.1 Å². The van der Waals surface area contributed by atoms with Crippen molar-refractivity contribution in [3.63, 3.8) is 0 Å². The van der Waals surface area contributed by atoms with Gasteiger partial charge in [-0.25, -0.2) is 14.4 Å². The van der Waals surface area contributed by atoms with Crippen LogP contribution in [0.2, 0.25) is 0 Å². The zero-order chi connectivity index (χ0) is 49.4. The number of esters is 3. The number of hydrogen-bond donors (Lipinski definition) is 2. The largest absolute Gasteiger partial charge is 0.498 e. The van der Waals surface area contributed by atoms with E-state index in [1.807, 2.05) is 48.5 Å². The average molecular weight is 941 g/mol. The smallest absolute Gasteiger partial charge is 0.343 e. The average Bonchev–Trinajstić information content (AvgIpc) is 3.31. The van der Waals surface area contributed by atoms with Gasteiger partial charge < -0.3 is 38.6 Å². The summed E-state index contributed by atoms with van der Waals surface area (Å²) in [7, 11) is 0. The summed E-state index contributed by atoms with van der Waals surface area (Å²) < 4.78 is 33.1. The molecule has 5 aromatic rings. The third-order valence-electron chi connectivity index (χ3n) is 11.0. The molecular weight excluding hydrogens is 881 g/mol. The van der Waals surface area contributed by atoms with Gasteiger partial charge in [0.2, 0.25) is 0 Å². The number of benzene rings is 5. The van der Waals surface area contributed by atoms with Crippen molar-refractivity contribution < 1.29 is 62.6 Å². The number of fused-ring (bicyclic) bond motifs is 1. The zero-order valence-electron chi connectivity index (χ0n) is 39.2. The van der Waals surface area contributed by atoms with E-state index in [1.165, 1.54) is 80.3 Å². The van der Waals surface area contributed by atoms with E-state index < -0.39 is 23.9 Å². The molecule has 0 unspecified atom stereocenters. The fraction of sp³-hybridized carbons (Fsp3) is 0.304. The van der Waals surface area contributed by atoms with E-state index in [9.17, 15) is 24.0 Å². The molecule has 1 saturated carbocycles. The molecule has 0 saturated heterocycles. The molecule has 0 atom stereocenters. The molecule has 6 rings (SSSR count). The molecule has 0 amide bonds. The lowest BCUT2D eigenvalue weighted by atomic mass is 9.91. The molecule has 0 spiro atoms. The molecule has 0 bridgehead atoms. The second kappa shape index (κ2) is 27.8. The first-order valence-electron chi connectivity index (χ1n) is 23.2. The Morgan fingerprint density at radius 1 is 0.551 bits per heavy atom. The second-order valence-electron chi connectivity index (χ2n) is 16.2. The van der Waals surface area contributed by atoms with Gasteiger partial charge in [0.05, 0.1) is 55.3 Å². The zero-order valence-corrected chi connectivity index (χ0v) is 39.2. The Labute approximate surface area is 402 Å². The van der Waals surface area contributed by atoms with Crippen molar-refractivity contribution in [1.29, 1.82) is 0 Å². The van der Waals surface area contributed by atoms with E-state index in [0.717, 1.165) is 90.0 Å². The van der Waals surface area contributed by atoms with Crippen LogP contribution in [-0.4, -0.2) is 66.5 Å². The highest BCUT2D eigenvalue weighted by atomic mass is 16.5. The van der Waals surface area contributed by atoms with Crippen molar-refractivity contribution >= 4 is 52.8 Å². The molecule has 5 aromatic carbocycles. The second-order valence-corrected chi connectivity index (χ2v) is 16.2. The lowest BCUT2D eigenvalue weighted by molar-refractivity contribution is -0.141. The summed E-state index contributed by atoms with van der Waals surface area (Å²) in [6.45, 7) is 9.68. The highest BCUT2D eigenvalue weighted by Gasteiger charge is 2.13. The molecule has 362 valence electrons. The molecule has 1 fully saturated rings. The van der Waals surface area contributed by atoms with Gasteiger partial charge >= 0.3 is 29.8 Å². The number of rotatable bonds is 24. The van der Waals surface area contributed by atoms with Crippen molar-refractivity contribution in [2.24, 2.45) is 0 Å². The molecule has 2 N–H and O–H groups in total. The normalized spacial score (nSPS) is 12.2. The number of carboxylic acid groups (broad SMARTS) is 2. The van der Waals surface area contributed by atoms with Crippen LogP contribution >= 0.6 is 0 Å². The molecule has 13 nitrogen and oxygen atoms in total. The topological polar surface area (TPSA) is 181 Å². The Morgan fingerprint density at radius 3 is 1.64 bits per heavy atom. The SMILES string of the molecule is C=C/C=c1/cc(OCCCCCCOC(C)=O)cc/c1=C/CC(=O)Oc1ccc(C(=O)O)cc1.CC(OCCCCCOc1ccc2cc(C(=O)Oc3ccc(C(=O)O)cc3)ccc2c1)=C1CCC1. The van der Waals surface area contributed by atoms with Crippen LogP contribution in [0.3, 0.4) is 0 Å². The fourth-order valence-electron chi connectivity index (χ4n) is 6.97. The Bertz CT molecular complexity index is 2690. The van der Waals surface area contributed by atoms with Crippen LogP contribution in [0, 0.1) is 0 Å². The number of allylic oxidation sites excluding steroid dienone is 3. The number of hydrogen-bond acceptors (Lipinski definition) is 11. The molecule has 0 heterocycles. The number of ether oxygens (including phenoxy) is 6. The van der Waals surface area contributed by atoms with Gasteiger partial charge in [-0.05, 0) is 183 Å². The number of carbonyl (C=O) groups is 5. The van der Waals surface area contributed by atoms with Crippen molar-refractivity contribution in [1.82, 2.24) is 0 Å². The van der Waals surface area contributed by atoms with Gasteiger partial charge in [-0.2, -0.15) is 0 Å². The first-order chi connectivity index (χ1) is 33.4. The minimum Gasteiger partial charge on any atom is -0.498 e. The number of carbonyl (C=O) groups excluding carboxylic acids is 3. The highest BCUT2D eigenvalue weighted by Crippen LogP contribution is 2.29. The van der Waals surface area contributed by atoms with Crippen LogP contribution in [0.4, 0.5) is 0 Å². The van der Waals surface area contributed by atoms with Gasteiger partial charge in [0, 0.05) is 6.92 Å². The van der Waals surface area contributed by atoms with Gasteiger partial charge in [-0.1, -0.05) is 43.0 Å². The first-order valence-corrected chi connectivity index (χ1v) is 23.2. The van der Waals surface area contributed by atoms with Crippen molar-refractivity contribution in [2.45, 2.75) is 84.5 Å². The Kier molecular flexibility index (Phi) is 21.1. The Hall–Kier alpha value is -7.67. The van der Waals surface area contributed by atoms with E-state index >= 15 is 0 Å². The summed E-state index contributed by atoms with van der Waals surface area (Å²) >= 11 is 0. The number of unbranched alkanes of at least 4 members (excludes halogenated alkanes) is 5. The highest BCUT2D eigenvalue weighted by molar-refractivity contribution is 5.97. The molecule has 0 radical (unpaired) electrons. The maximum Gasteiger partial charge on any atom is 0.343 e. The van der Waals surface area contributed by atoms with Crippen LogP contribution in [0.5, 0.6) is 23.0 Å². The monoisotopic (exact) mass is 940 g/mol. The molecular formula is C56H60O13. The summed E-state index contributed by atoms with van der Waals surface area (Å²) in [6, 6.07) is 28.1. The van der Waals surface area contributed by atoms with E-state index in [0.29, 0.717) is 31.1 Å². The summed E-state index contributed by atoms with van der Waals surface area (Å²) in [5.74, 6) is -0.0506. The third-order valence-corrected chi connectivity index (χ3v) is 11.0. The molecule has 1 aliphatic carbocycles. The minimum atomic E-state index is -1.04. The van der Waals surface area contributed by atoms with Gasteiger partial charge in [-0.3, -0.25) is 9.59 Å². The molecule has 0 aromatic heterocycles. The third kappa shape index (κ3) is 18.2. The quantitative estimate of drug-likeness (QED) is 0.0258. The van der Waals surface area contributed by atoms with E-state index in [1.54, 1.807) is 24.3 Å². The van der Waals surface area contributed by atoms with Crippen molar-refractivity contribution in [2.75, 3.05) is 26.4 Å². The first kappa shape index (κ1) is 52.3. The van der Waals surface area contributed by atoms with E-state index in [2.05, 4.69) is 13.5 Å². The van der Waals surface area contributed by atoms with E-state index in [4.69, 9.17) is 38.6 Å². The minimum absolute atomic E-state index is 0.0478. The number of carboxylic acids is 2. The number of aromatic carboxylic acids is 2. The Balaban J connectivity index is 0.000000258. The van der Waals surface area contributed by atoms with Gasteiger partial charge in [0.25, 0.3) is 0 Å². The maximum absolute atomic E-state index is 12.5. The molecule has 1 aliphatic rings. The van der Waals surface area contributed by atoms with Gasteiger partial charge in [0.1, 0.15) is 23.0 Å². The molecule has 69 heavy (non-hydrogen) atoms. The van der Waals surface area contributed by atoms with Crippen LogP contribution in [0.25, 0.3) is 22.9 Å². The molecule has 13 heteroatoms. The lowest BCUT2D eigenvalue weighted by Gasteiger charge is -2.20. The standard InChI is InChI=1S/C29H30O6.C27H30O7/c1-20(21-6-5-7-21)33-16-3-2-4-17-34-27-15-12-23-18-25(9-8-24(23)19-27)29(32)35-26-13-10-22(11-14-26)28(30)31;1-3-8-23-19-25(33-18-7-5-4-6-17-32-20(2)28)15-9-21(23)12-16-26(29)34-24-13-10-22(11-14-24)27(30)31/h8-15,18-19H,2-7,16-17H2,1H3,(H,30,31);3,8-15,19H,1,4-7,16-18H2,2H3,(H,30,31)/b;21-12-,23-8-. The van der Waals surface area contributed by atoms with Crippen molar-refractivity contribution in [3.8, 4) is 23.0 Å². The van der Waals surface area contributed by atoms with Crippen molar-refractivity contribution in [3.05, 3.63) is 154 Å². The van der Waals surface area contributed by atoms with Crippen LogP contribution in [0.15, 0.2) is 127 Å². The van der Waals surface area contributed by atoms with Crippen LogP contribution in [0.1, 0.15) is 116 Å². The lowest BCUT2D eigenvalue weighted by Crippen LogP contribution is -2.25. The van der Waals surface area contributed by atoms with Crippen LogP contribution < -0.4 is 29.4 Å². The summed E-state index contributed by atoms with van der Waals surface area (Å²) in [6.07, 6.45) is 15.7. The molecule has 0 aliphatic heterocycles. The van der Waals surface area contributed by atoms with E-state index in [-0.39, 0.29) is 29.3 Å². The Morgan fingerprint density at radius 2 is 1.06 bits per heavy atom. The predicted molar refractivity (Wildman–Crippen MR) is 263 cm³/mol. The van der Waals surface area contributed by atoms with Gasteiger partial charge in [0.15, 0.2) is 0 Å². The summed E-state index contributed by atoms with van der Waals surface area (Å²) in [5.41, 5.74) is 2.15.